The van der Waals surface area contributed by atoms with Crippen molar-refractivity contribution in [3.63, 3.8) is 0 Å². The van der Waals surface area contributed by atoms with Crippen molar-refractivity contribution in [1.29, 1.82) is 0 Å². The standard InChI is InChI=1S/C25H23NO4/c1-18(30-24(27)17-16-20-12-6-9-15-23(20)29-2)25(28)26-22-14-8-7-13-21(22)19-10-4-3-5-11-19/h3-18H,1-2H3,(H,26,28)/b17-16+/t18-/m0/s1. The molecule has 1 atom stereocenters. The summed E-state index contributed by atoms with van der Waals surface area (Å²) in [5.41, 5.74) is 3.27. The Morgan fingerprint density at radius 3 is 2.33 bits per heavy atom. The molecule has 1 amide bonds. The van der Waals surface area contributed by atoms with Gasteiger partial charge in [-0.2, -0.15) is 0 Å². The Balaban J connectivity index is 1.64. The third kappa shape index (κ3) is 5.35. The van der Waals surface area contributed by atoms with Crippen LogP contribution in [-0.4, -0.2) is 25.1 Å². The molecular formula is C25H23NO4. The van der Waals surface area contributed by atoms with Crippen molar-refractivity contribution < 1.29 is 19.1 Å². The second-order valence-corrected chi connectivity index (χ2v) is 6.56. The van der Waals surface area contributed by atoms with E-state index in [1.807, 2.05) is 72.8 Å². The summed E-state index contributed by atoms with van der Waals surface area (Å²) in [4.78, 5) is 24.7. The van der Waals surface area contributed by atoms with Crippen LogP contribution in [0.3, 0.4) is 0 Å². The minimum absolute atomic E-state index is 0.405. The number of amides is 1. The van der Waals surface area contributed by atoms with Gasteiger partial charge in [0.1, 0.15) is 5.75 Å². The van der Waals surface area contributed by atoms with Crippen molar-refractivity contribution in [3.05, 3.63) is 90.5 Å². The molecule has 1 N–H and O–H groups in total. The Morgan fingerprint density at radius 1 is 0.900 bits per heavy atom. The van der Waals surface area contributed by atoms with E-state index in [9.17, 15) is 9.59 Å². The Hall–Kier alpha value is -3.86. The molecule has 3 rings (SSSR count). The molecule has 0 saturated heterocycles. The maximum absolute atomic E-state index is 12.6. The zero-order chi connectivity index (χ0) is 21.3. The zero-order valence-electron chi connectivity index (χ0n) is 16.9. The summed E-state index contributed by atoms with van der Waals surface area (Å²) in [6, 6.07) is 24.5. The first-order valence-electron chi connectivity index (χ1n) is 9.55. The number of carbonyl (C=O) groups excluding carboxylic acids is 2. The van der Waals surface area contributed by atoms with E-state index in [-0.39, 0.29) is 0 Å². The Labute approximate surface area is 176 Å². The number of nitrogens with one attached hydrogen (secondary N) is 1. The predicted molar refractivity (Wildman–Crippen MR) is 118 cm³/mol. The minimum atomic E-state index is -0.955. The Morgan fingerprint density at radius 2 is 1.57 bits per heavy atom. The van der Waals surface area contributed by atoms with E-state index in [2.05, 4.69) is 5.32 Å². The maximum atomic E-state index is 12.6. The first kappa shape index (κ1) is 20.9. The van der Waals surface area contributed by atoms with Crippen LogP contribution in [0.5, 0.6) is 5.75 Å². The van der Waals surface area contributed by atoms with E-state index < -0.39 is 18.0 Å². The van der Waals surface area contributed by atoms with E-state index in [1.165, 1.54) is 13.0 Å². The van der Waals surface area contributed by atoms with Gasteiger partial charge in [-0.25, -0.2) is 4.79 Å². The Bertz CT molecular complexity index is 1040. The average Bonchev–Trinajstić information content (AvgIpc) is 2.78. The van der Waals surface area contributed by atoms with Gasteiger partial charge >= 0.3 is 5.97 Å². The number of hydrogen-bond donors (Lipinski definition) is 1. The lowest BCUT2D eigenvalue weighted by atomic mass is 10.0. The van der Waals surface area contributed by atoms with Crippen molar-refractivity contribution in [3.8, 4) is 16.9 Å². The number of esters is 1. The molecule has 0 aromatic heterocycles. The van der Waals surface area contributed by atoms with Crippen LogP contribution in [0.1, 0.15) is 12.5 Å². The molecule has 0 aliphatic carbocycles. The maximum Gasteiger partial charge on any atom is 0.331 e. The summed E-state index contributed by atoms with van der Waals surface area (Å²) in [6.45, 7) is 1.54. The fourth-order valence-electron chi connectivity index (χ4n) is 2.92. The molecule has 5 heteroatoms. The van der Waals surface area contributed by atoms with Gasteiger partial charge < -0.3 is 14.8 Å². The molecule has 3 aromatic rings. The van der Waals surface area contributed by atoms with Crippen LogP contribution in [0.4, 0.5) is 5.69 Å². The molecule has 0 bridgehead atoms. The monoisotopic (exact) mass is 401 g/mol. The summed E-state index contributed by atoms with van der Waals surface area (Å²) in [5, 5.41) is 2.85. The number of ether oxygens (including phenoxy) is 2. The topological polar surface area (TPSA) is 64.6 Å². The van der Waals surface area contributed by atoms with Gasteiger partial charge in [0.15, 0.2) is 6.10 Å². The smallest absolute Gasteiger partial charge is 0.331 e. The number of benzene rings is 3. The largest absolute Gasteiger partial charge is 0.496 e. The number of anilines is 1. The number of para-hydroxylation sites is 2. The molecule has 152 valence electrons. The van der Waals surface area contributed by atoms with Crippen LogP contribution in [0.25, 0.3) is 17.2 Å². The lowest BCUT2D eigenvalue weighted by molar-refractivity contribution is -0.148. The van der Waals surface area contributed by atoms with Crippen LogP contribution in [-0.2, 0) is 14.3 Å². The first-order chi connectivity index (χ1) is 14.6. The van der Waals surface area contributed by atoms with Gasteiger partial charge in [-0.05, 0) is 30.7 Å². The van der Waals surface area contributed by atoms with Crippen molar-refractivity contribution in [2.24, 2.45) is 0 Å². The summed E-state index contributed by atoms with van der Waals surface area (Å²) in [5.74, 6) is -0.373. The van der Waals surface area contributed by atoms with Crippen LogP contribution in [0.2, 0.25) is 0 Å². The van der Waals surface area contributed by atoms with E-state index in [0.717, 1.165) is 16.7 Å². The summed E-state index contributed by atoms with van der Waals surface area (Å²) in [6.07, 6.45) is 1.92. The second-order valence-electron chi connectivity index (χ2n) is 6.56. The zero-order valence-corrected chi connectivity index (χ0v) is 16.9. The third-order valence-corrected chi connectivity index (χ3v) is 4.47. The van der Waals surface area contributed by atoms with Crippen molar-refractivity contribution in [2.75, 3.05) is 12.4 Å². The first-order valence-corrected chi connectivity index (χ1v) is 9.55. The van der Waals surface area contributed by atoms with Gasteiger partial charge in [0.05, 0.1) is 7.11 Å². The van der Waals surface area contributed by atoms with Crippen LogP contribution in [0, 0.1) is 0 Å². The molecule has 0 saturated carbocycles. The number of methoxy groups -OCH3 is 1. The SMILES string of the molecule is COc1ccccc1/C=C/C(=O)O[C@@H](C)C(=O)Nc1ccccc1-c1ccccc1. The second kappa shape index (κ2) is 10.1. The van der Waals surface area contributed by atoms with Crippen LogP contribution < -0.4 is 10.1 Å². The van der Waals surface area contributed by atoms with Crippen molar-refractivity contribution >= 4 is 23.6 Å². The van der Waals surface area contributed by atoms with E-state index in [4.69, 9.17) is 9.47 Å². The van der Waals surface area contributed by atoms with Crippen LogP contribution in [0.15, 0.2) is 84.9 Å². The number of rotatable bonds is 7. The van der Waals surface area contributed by atoms with Gasteiger partial charge in [0.2, 0.25) is 0 Å². The van der Waals surface area contributed by atoms with E-state index >= 15 is 0 Å². The lowest BCUT2D eigenvalue weighted by Gasteiger charge is -2.15. The average molecular weight is 401 g/mol. The molecule has 0 aliphatic heterocycles. The minimum Gasteiger partial charge on any atom is -0.496 e. The van der Waals surface area contributed by atoms with Gasteiger partial charge in [-0.15, -0.1) is 0 Å². The molecule has 0 heterocycles. The molecule has 0 aliphatic rings. The van der Waals surface area contributed by atoms with Crippen LogP contribution >= 0.6 is 0 Å². The quantitative estimate of drug-likeness (QED) is 0.450. The molecule has 5 nitrogen and oxygen atoms in total. The molecular weight excluding hydrogens is 378 g/mol. The highest BCUT2D eigenvalue weighted by Crippen LogP contribution is 2.27. The summed E-state index contributed by atoms with van der Waals surface area (Å²) < 4.78 is 10.5. The summed E-state index contributed by atoms with van der Waals surface area (Å²) in [7, 11) is 1.56. The third-order valence-electron chi connectivity index (χ3n) is 4.47. The molecule has 30 heavy (non-hydrogen) atoms. The molecule has 0 unspecified atom stereocenters. The Kier molecular flexibility index (Phi) is 7.00. The summed E-state index contributed by atoms with van der Waals surface area (Å²) >= 11 is 0. The van der Waals surface area contributed by atoms with Gasteiger partial charge in [-0.3, -0.25) is 4.79 Å². The highest BCUT2D eigenvalue weighted by Gasteiger charge is 2.18. The fourth-order valence-corrected chi connectivity index (χ4v) is 2.92. The molecule has 0 spiro atoms. The highest BCUT2D eigenvalue weighted by molar-refractivity contribution is 5.99. The van der Waals surface area contributed by atoms with Gasteiger partial charge in [0.25, 0.3) is 5.91 Å². The fraction of sp³-hybridized carbons (Fsp3) is 0.120. The van der Waals surface area contributed by atoms with Gasteiger partial charge in [-0.1, -0.05) is 66.7 Å². The highest BCUT2D eigenvalue weighted by atomic mass is 16.5. The number of hydrogen-bond acceptors (Lipinski definition) is 4. The van der Waals surface area contributed by atoms with Crippen molar-refractivity contribution in [1.82, 2.24) is 0 Å². The molecule has 0 fully saturated rings. The molecule has 3 aromatic carbocycles. The van der Waals surface area contributed by atoms with E-state index in [0.29, 0.717) is 11.4 Å². The van der Waals surface area contributed by atoms with Crippen molar-refractivity contribution in [2.45, 2.75) is 13.0 Å². The van der Waals surface area contributed by atoms with Gasteiger partial charge in [0, 0.05) is 22.9 Å². The molecule has 0 radical (unpaired) electrons. The number of carbonyl (C=O) groups is 2. The lowest BCUT2D eigenvalue weighted by Crippen LogP contribution is -2.29. The predicted octanol–water partition coefficient (Wildman–Crippen LogP) is 4.95. The van der Waals surface area contributed by atoms with E-state index in [1.54, 1.807) is 19.3 Å². The normalized spacial score (nSPS) is 11.7.